The minimum atomic E-state index is -0.330. The van der Waals surface area contributed by atoms with Crippen molar-refractivity contribution in [1.29, 1.82) is 0 Å². The highest BCUT2D eigenvalue weighted by molar-refractivity contribution is 7.98. The fourth-order valence-electron chi connectivity index (χ4n) is 0.782. The maximum absolute atomic E-state index is 11.4. The molecule has 0 atom stereocenters. The van der Waals surface area contributed by atoms with Crippen LogP contribution in [-0.2, 0) is 6.54 Å². The molecule has 0 unspecified atom stereocenters. The van der Waals surface area contributed by atoms with Crippen LogP contribution >= 0.6 is 35.0 Å². The van der Waals surface area contributed by atoms with E-state index < -0.39 is 0 Å². The summed E-state index contributed by atoms with van der Waals surface area (Å²) in [4.78, 5) is 11.4. The Morgan fingerprint density at radius 3 is 2.92 bits per heavy atom. The molecular formula is C7H8Cl2N2OS. The van der Waals surface area contributed by atoms with Crippen LogP contribution < -0.4 is 5.56 Å². The van der Waals surface area contributed by atoms with Crippen molar-refractivity contribution >= 4 is 35.0 Å². The first-order valence-corrected chi connectivity index (χ1v) is 5.72. The van der Waals surface area contributed by atoms with Gasteiger partial charge in [-0.3, -0.25) is 4.79 Å². The van der Waals surface area contributed by atoms with Gasteiger partial charge in [-0.2, -0.15) is 16.9 Å². The van der Waals surface area contributed by atoms with Gasteiger partial charge in [0.05, 0.1) is 17.8 Å². The molecule has 0 aliphatic rings. The molecule has 0 spiro atoms. The molecule has 0 aromatic carbocycles. The number of aryl methyl sites for hydroxylation is 1. The first-order valence-electron chi connectivity index (χ1n) is 3.57. The predicted octanol–water partition coefficient (Wildman–Crippen LogP) is 1.91. The second kappa shape index (κ2) is 4.88. The predicted molar refractivity (Wildman–Crippen MR) is 56.9 cm³/mol. The van der Waals surface area contributed by atoms with Gasteiger partial charge in [0.1, 0.15) is 5.02 Å². The van der Waals surface area contributed by atoms with Crippen LogP contribution in [0.1, 0.15) is 0 Å². The lowest BCUT2D eigenvalue weighted by Gasteiger charge is -2.03. The SMILES string of the molecule is CSCCn1ncc(Cl)c(Cl)c1=O. The third-order valence-electron chi connectivity index (χ3n) is 1.45. The fourth-order valence-corrected chi connectivity index (χ4v) is 1.41. The molecule has 0 saturated heterocycles. The molecule has 3 nitrogen and oxygen atoms in total. The van der Waals surface area contributed by atoms with E-state index in [4.69, 9.17) is 23.2 Å². The van der Waals surface area contributed by atoms with Crippen molar-refractivity contribution in [3.63, 3.8) is 0 Å². The monoisotopic (exact) mass is 238 g/mol. The molecule has 0 N–H and O–H groups in total. The maximum Gasteiger partial charge on any atom is 0.287 e. The van der Waals surface area contributed by atoms with Crippen LogP contribution in [0.25, 0.3) is 0 Å². The Kier molecular flexibility index (Phi) is 4.09. The lowest BCUT2D eigenvalue weighted by Crippen LogP contribution is -2.24. The summed E-state index contributed by atoms with van der Waals surface area (Å²) < 4.78 is 1.31. The number of halogens is 2. The van der Waals surface area contributed by atoms with Crippen molar-refractivity contribution in [3.8, 4) is 0 Å². The number of rotatable bonds is 3. The number of hydrogen-bond donors (Lipinski definition) is 0. The number of nitrogens with zero attached hydrogens (tertiary/aromatic N) is 2. The zero-order valence-electron chi connectivity index (χ0n) is 6.96. The highest BCUT2D eigenvalue weighted by Crippen LogP contribution is 2.14. The summed E-state index contributed by atoms with van der Waals surface area (Å²) in [6, 6.07) is 0. The van der Waals surface area contributed by atoms with Gasteiger partial charge in [-0.15, -0.1) is 0 Å². The van der Waals surface area contributed by atoms with Gasteiger partial charge in [0, 0.05) is 5.75 Å². The summed E-state index contributed by atoms with van der Waals surface area (Å²) in [5, 5.41) is 4.09. The van der Waals surface area contributed by atoms with Crippen LogP contribution in [0.5, 0.6) is 0 Å². The van der Waals surface area contributed by atoms with Crippen molar-refractivity contribution in [2.75, 3.05) is 12.0 Å². The Morgan fingerprint density at radius 1 is 1.62 bits per heavy atom. The second-order valence-electron chi connectivity index (χ2n) is 2.33. The van der Waals surface area contributed by atoms with Gasteiger partial charge < -0.3 is 0 Å². The topological polar surface area (TPSA) is 34.9 Å². The molecule has 0 bridgehead atoms. The normalized spacial score (nSPS) is 10.4. The van der Waals surface area contributed by atoms with E-state index in [1.54, 1.807) is 11.8 Å². The van der Waals surface area contributed by atoms with Gasteiger partial charge in [-0.25, -0.2) is 4.68 Å². The van der Waals surface area contributed by atoms with E-state index in [0.29, 0.717) is 6.54 Å². The van der Waals surface area contributed by atoms with E-state index in [9.17, 15) is 4.79 Å². The Labute approximate surface area is 90.0 Å². The lowest BCUT2D eigenvalue weighted by molar-refractivity contribution is 0.622. The molecule has 0 fully saturated rings. The molecule has 6 heteroatoms. The van der Waals surface area contributed by atoms with Crippen molar-refractivity contribution < 1.29 is 0 Å². The quantitative estimate of drug-likeness (QED) is 0.808. The zero-order valence-corrected chi connectivity index (χ0v) is 9.29. The summed E-state index contributed by atoms with van der Waals surface area (Å²) >= 11 is 12.9. The van der Waals surface area contributed by atoms with Crippen LogP contribution in [0, 0.1) is 0 Å². The van der Waals surface area contributed by atoms with Gasteiger partial charge in [0.2, 0.25) is 0 Å². The Balaban J connectivity index is 2.97. The molecule has 0 radical (unpaired) electrons. The van der Waals surface area contributed by atoms with E-state index in [-0.39, 0.29) is 15.6 Å². The van der Waals surface area contributed by atoms with Gasteiger partial charge in [-0.1, -0.05) is 23.2 Å². The molecule has 1 rings (SSSR count). The molecule has 1 aromatic rings. The molecule has 0 amide bonds. The molecule has 72 valence electrons. The molecular weight excluding hydrogens is 231 g/mol. The highest BCUT2D eigenvalue weighted by atomic mass is 35.5. The van der Waals surface area contributed by atoms with Crippen LogP contribution in [0.2, 0.25) is 10.0 Å². The van der Waals surface area contributed by atoms with Gasteiger partial charge in [0.15, 0.2) is 0 Å². The van der Waals surface area contributed by atoms with Crippen LogP contribution in [-0.4, -0.2) is 21.8 Å². The minimum Gasteiger partial charge on any atom is -0.266 e. The largest absolute Gasteiger partial charge is 0.287 e. The summed E-state index contributed by atoms with van der Waals surface area (Å²) in [5.74, 6) is 0.824. The Morgan fingerprint density at radius 2 is 2.31 bits per heavy atom. The van der Waals surface area contributed by atoms with Gasteiger partial charge in [-0.05, 0) is 6.26 Å². The Hall–Kier alpha value is -0.190. The highest BCUT2D eigenvalue weighted by Gasteiger charge is 2.06. The van der Waals surface area contributed by atoms with Crippen molar-refractivity contribution in [3.05, 3.63) is 26.6 Å². The van der Waals surface area contributed by atoms with Crippen molar-refractivity contribution in [1.82, 2.24) is 9.78 Å². The minimum absolute atomic E-state index is 0.0396. The Bertz CT molecular complexity index is 353. The zero-order chi connectivity index (χ0) is 9.84. The molecule has 1 heterocycles. The number of thioether (sulfide) groups is 1. The summed E-state index contributed by atoms with van der Waals surface area (Å²) in [5.41, 5.74) is -0.330. The second-order valence-corrected chi connectivity index (χ2v) is 4.10. The molecule has 0 saturated carbocycles. The first-order chi connectivity index (χ1) is 6.16. The summed E-state index contributed by atoms with van der Waals surface area (Å²) in [6.45, 7) is 0.552. The summed E-state index contributed by atoms with van der Waals surface area (Å²) in [6.07, 6.45) is 3.34. The molecule has 13 heavy (non-hydrogen) atoms. The van der Waals surface area contributed by atoms with E-state index in [2.05, 4.69) is 5.10 Å². The lowest BCUT2D eigenvalue weighted by atomic mass is 10.5. The van der Waals surface area contributed by atoms with Gasteiger partial charge >= 0.3 is 0 Å². The van der Waals surface area contributed by atoms with Gasteiger partial charge in [0.25, 0.3) is 5.56 Å². The fraction of sp³-hybridized carbons (Fsp3) is 0.429. The molecule has 0 aliphatic carbocycles. The average molecular weight is 239 g/mol. The van der Waals surface area contributed by atoms with Crippen molar-refractivity contribution in [2.24, 2.45) is 0 Å². The number of aromatic nitrogens is 2. The van der Waals surface area contributed by atoms with E-state index >= 15 is 0 Å². The van der Waals surface area contributed by atoms with Crippen LogP contribution in [0.4, 0.5) is 0 Å². The van der Waals surface area contributed by atoms with Crippen molar-refractivity contribution in [2.45, 2.75) is 6.54 Å². The van der Waals surface area contributed by atoms with Crippen LogP contribution in [0.3, 0.4) is 0 Å². The summed E-state index contributed by atoms with van der Waals surface area (Å²) in [7, 11) is 0. The van der Waals surface area contributed by atoms with Crippen LogP contribution in [0.15, 0.2) is 11.0 Å². The third kappa shape index (κ3) is 2.62. The smallest absolute Gasteiger partial charge is 0.266 e. The maximum atomic E-state index is 11.4. The standard InChI is InChI=1S/C7H8Cl2N2OS/c1-13-3-2-11-7(12)6(9)5(8)4-10-11/h4H,2-3H2,1H3. The molecule has 0 aliphatic heterocycles. The van der Waals surface area contributed by atoms with E-state index in [1.165, 1.54) is 10.9 Å². The average Bonchev–Trinajstić information content (AvgIpc) is 2.13. The third-order valence-corrected chi connectivity index (χ3v) is 2.79. The first kappa shape index (κ1) is 10.9. The van der Waals surface area contributed by atoms with E-state index in [1.807, 2.05) is 6.26 Å². The number of hydrogen-bond acceptors (Lipinski definition) is 3. The molecule has 1 aromatic heterocycles. The van der Waals surface area contributed by atoms with E-state index in [0.717, 1.165) is 5.75 Å².